The molecule has 0 aliphatic carbocycles. The van der Waals surface area contributed by atoms with Gasteiger partial charge in [0.05, 0.1) is 17.8 Å². The fourth-order valence-electron chi connectivity index (χ4n) is 0.802. The number of nitrogens with two attached hydrogens (primary N) is 1. The lowest BCUT2D eigenvalue weighted by molar-refractivity contribution is -0.307. The van der Waals surface area contributed by atoms with E-state index in [1.165, 1.54) is 0 Å². The first-order chi connectivity index (χ1) is 6.43. The number of rotatable bonds is 7. The van der Waals surface area contributed by atoms with Gasteiger partial charge in [0.1, 0.15) is 0 Å². The molecule has 1 atom stereocenters. The van der Waals surface area contributed by atoms with E-state index in [1.54, 1.807) is 0 Å². The number of carboxylic acid groups (broad SMARTS) is 1. The predicted octanol–water partition coefficient (Wildman–Crippen LogP) is -2.22. The smallest absolute Gasteiger partial charge is 0.212 e. The molecule has 0 saturated heterocycles. The van der Waals surface area contributed by atoms with Gasteiger partial charge in [-0.3, -0.25) is 0 Å². The van der Waals surface area contributed by atoms with Gasteiger partial charge in [0.25, 0.3) is 0 Å². The van der Waals surface area contributed by atoms with E-state index in [1.807, 2.05) is 11.6 Å². The summed E-state index contributed by atoms with van der Waals surface area (Å²) in [6.07, 6.45) is 1.21. The van der Waals surface area contributed by atoms with Crippen LogP contribution in [0, 0.1) is 0 Å². The highest BCUT2D eigenvalue weighted by Gasteiger charge is 2.16. The number of hydrogen-bond acceptors (Lipinski definition) is 5. The highest BCUT2D eigenvalue weighted by Crippen LogP contribution is 1.94. The van der Waals surface area contributed by atoms with E-state index in [4.69, 9.17) is 5.73 Å². The van der Waals surface area contributed by atoms with Crippen LogP contribution in [0.4, 0.5) is 0 Å². The Morgan fingerprint density at radius 3 is 2.50 bits per heavy atom. The van der Waals surface area contributed by atoms with Gasteiger partial charge in [-0.1, -0.05) is 13.3 Å². The Balaban J connectivity index is 4.26. The monoisotopic (exact) mass is 223 g/mol. The minimum absolute atomic E-state index is 0.0900. The van der Waals surface area contributed by atoms with Gasteiger partial charge in [-0.25, -0.2) is 13.1 Å². The van der Waals surface area contributed by atoms with Crippen LogP contribution in [0.3, 0.4) is 0 Å². The van der Waals surface area contributed by atoms with Crippen LogP contribution in [0.5, 0.6) is 0 Å². The zero-order valence-corrected chi connectivity index (χ0v) is 8.84. The summed E-state index contributed by atoms with van der Waals surface area (Å²) in [4.78, 5) is 10.4. The molecule has 0 heterocycles. The van der Waals surface area contributed by atoms with Crippen LogP contribution in [0.1, 0.15) is 19.8 Å². The maximum absolute atomic E-state index is 11.2. The molecule has 0 aromatic carbocycles. The summed E-state index contributed by atoms with van der Waals surface area (Å²) in [7, 11) is -3.55. The second-order valence-corrected chi connectivity index (χ2v) is 4.77. The van der Waals surface area contributed by atoms with Gasteiger partial charge in [0.2, 0.25) is 10.0 Å². The summed E-state index contributed by atoms with van der Waals surface area (Å²) < 4.78 is 24.4. The van der Waals surface area contributed by atoms with E-state index in [9.17, 15) is 18.3 Å². The first-order valence-electron chi connectivity index (χ1n) is 4.34. The van der Waals surface area contributed by atoms with Crippen molar-refractivity contribution in [3.8, 4) is 0 Å². The van der Waals surface area contributed by atoms with Gasteiger partial charge >= 0.3 is 0 Å². The summed E-state index contributed by atoms with van der Waals surface area (Å²) >= 11 is 0. The van der Waals surface area contributed by atoms with Crippen molar-refractivity contribution in [2.75, 3.05) is 12.3 Å². The Labute approximate surface area is 83.5 Å². The molecular formula is C7H15N2O4S-. The Hall–Kier alpha value is -0.660. The topological polar surface area (TPSA) is 112 Å². The molecule has 3 N–H and O–H groups in total. The van der Waals surface area contributed by atoms with Crippen molar-refractivity contribution in [1.82, 2.24) is 4.72 Å². The molecule has 7 heteroatoms. The fourth-order valence-corrected chi connectivity index (χ4v) is 2.21. The number of sulfonamides is 1. The highest BCUT2D eigenvalue weighted by atomic mass is 32.2. The quantitative estimate of drug-likeness (QED) is 0.508. The molecule has 0 aromatic heterocycles. The SMILES string of the molecule is CCCCS(=O)(=O)NC(CN)C(=O)[O-]. The van der Waals surface area contributed by atoms with Gasteiger partial charge in [0, 0.05) is 6.54 Å². The van der Waals surface area contributed by atoms with Crippen LogP contribution in [-0.4, -0.2) is 32.7 Å². The lowest BCUT2D eigenvalue weighted by Gasteiger charge is -2.17. The average molecular weight is 223 g/mol. The van der Waals surface area contributed by atoms with Crippen molar-refractivity contribution in [2.24, 2.45) is 5.73 Å². The van der Waals surface area contributed by atoms with Crippen molar-refractivity contribution in [2.45, 2.75) is 25.8 Å². The number of hydrogen-bond donors (Lipinski definition) is 2. The van der Waals surface area contributed by atoms with Crippen molar-refractivity contribution < 1.29 is 18.3 Å². The lowest BCUT2D eigenvalue weighted by atomic mass is 10.3. The minimum atomic E-state index is -3.55. The van der Waals surface area contributed by atoms with Crippen molar-refractivity contribution >= 4 is 16.0 Å². The Morgan fingerprint density at radius 1 is 1.57 bits per heavy atom. The van der Waals surface area contributed by atoms with E-state index >= 15 is 0 Å². The number of carbonyl (C=O) groups is 1. The minimum Gasteiger partial charge on any atom is -0.548 e. The largest absolute Gasteiger partial charge is 0.548 e. The van der Waals surface area contributed by atoms with Crippen LogP contribution in [0.25, 0.3) is 0 Å². The maximum atomic E-state index is 11.2. The summed E-state index contributed by atoms with van der Waals surface area (Å²) in [5, 5.41) is 10.4. The molecule has 0 saturated carbocycles. The summed E-state index contributed by atoms with van der Waals surface area (Å²) in [5.74, 6) is -1.60. The molecule has 14 heavy (non-hydrogen) atoms. The maximum Gasteiger partial charge on any atom is 0.212 e. The van der Waals surface area contributed by atoms with E-state index in [-0.39, 0.29) is 12.3 Å². The normalized spacial score (nSPS) is 13.9. The Morgan fingerprint density at radius 2 is 2.14 bits per heavy atom. The highest BCUT2D eigenvalue weighted by molar-refractivity contribution is 7.89. The van der Waals surface area contributed by atoms with Crippen molar-refractivity contribution in [1.29, 1.82) is 0 Å². The molecule has 0 radical (unpaired) electrons. The Kier molecular flexibility index (Phi) is 5.66. The second kappa shape index (κ2) is 5.94. The van der Waals surface area contributed by atoms with Gasteiger partial charge in [0.15, 0.2) is 0 Å². The molecular weight excluding hydrogens is 208 g/mol. The number of nitrogens with one attached hydrogen (secondary N) is 1. The molecule has 0 bridgehead atoms. The van der Waals surface area contributed by atoms with Crippen LogP contribution in [-0.2, 0) is 14.8 Å². The van der Waals surface area contributed by atoms with E-state index < -0.39 is 22.0 Å². The van der Waals surface area contributed by atoms with Crippen LogP contribution in [0.2, 0.25) is 0 Å². The predicted molar refractivity (Wildman–Crippen MR) is 49.7 cm³/mol. The molecule has 1 unspecified atom stereocenters. The summed E-state index contributed by atoms with van der Waals surface area (Å²) in [5.41, 5.74) is 5.06. The third-order valence-corrected chi connectivity index (χ3v) is 3.08. The van der Waals surface area contributed by atoms with Crippen LogP contribution >= 0.6 is 0 Å². The summed E-state index contributed by atoms with van der Waals surface area (Å²) in [6, 6.07) is -1.34. The van der Waals surface area contributed by atoms with Gasteiger partial charge in [-0.05, 0) is 6.42 Å². The third kappa shape index (κ3) is 5.15. The zero-order valence-electron chi connectivity index (χ0n) is 8.02. The van der Waals surface area contributed by atoms with E-state index in [0.717, 1.165) is 6.42 Å². The fraction of sp³-hybridized carbons (Fsp3) is 0.857. The average Bonchev–Trinajstić information content (AvgIpc) is 2.10. The van der Waals surface area contributed by atoms with Crippen molar-refractivity contribution in [3.05, 3.63) is 0 Å². The molecule has 0 fully saturated rings. The molecule has 0 amide bonds. The molecule has 6 nitrogen and oxygen atoms in total. The van der Waals surface area contributed by atoms with Gasteiger partial charge < -0.3 is 15.6 Å². The zero-order chi connectivity index (χ0) is 11.2. The van der Waals surface area contributed by atoms with E-state index in [0.29, 0.717) is 6.42 Å². The molecule has 84 valence electrons. The number of unbranched alkanes of at least 4 members (excludes halogenated alkanes) is 1. The van der Waals surface area contributed by atoms with Crippen LogP contribution in [0.15, 0.2) is 0 Å². The molecule has 0 aliphatic heterocycles. The second-order valence-electron chi connectivity index (χ2n) is 2.90. The first-order valence-corrected chi connectivity index (χ1v) is 5.99. The number of aliphatic carboxylic acids is 1. The first kappa shape index (κ1) is 13.3. The standard InChI is InChI=1S/C7H16N2O4S/c1-2-3-4-14(12,13)9-6(5-8)7(10)11/h6,9H,2-5,8H2,1H3,(H,10,11)/p-1. The summed E-state index contributed by atoms with van der Waals surface area (Å²) in [6.45, 7) is 1.53. The van der Waals surface area contributed by atoms with E-state index in [2.05, 4.69) is 0 Å². The van der Waals surface area contributed by atoms with Gasteiger partial charge in [-0.15, -0.1) is 0 Å². The lowest BCUT2D eigenvalue weighted by Crippen LogP contribution is -2.52. The van der Waals surface area contributed by atoms with Crippen LogP contribution < -0.4 is 15.6 Å². The van der Waals surface area contributed by atoms with Crippen molar-refractivity contribution in [3.63, 3.8) is 0 Å². The number of carbonyl (C=O) groups excluding carboxylic acids is 1. The Bertz CT molecular complexity index is 275. The molecule has 0 aliphatic rings. The molecule has 0 aromatic rings. The molecule has 0 spiro atoms. The van der Waals surface area contributed by atoms with Gasteiger partial charge in [-0.2, -0.15) is 0 Å². The third-order valence-electron chi connectivity index (χ3n) is 1.61. The number of carboxylic acids is 1. The molecule has 0 rings (SSSR count).